The fourth-order valence-corrected chi connectivity index (χ4v) is 6.33. The van der Waals surface area contributed by atoms with Crippen LogP contribution in [0.3, 0.4) is 0 Å². The highest BCUT2D eigenvalue weighted by atomic mass is 32.2. The molecule has 0 radical (unpaired) electrons. The molecule has 6 rings (SSSR count). The van der Waals surface area contributed by atoms with Crippen LogP contribution in [0, 0.1) is 0 Å². The van der Waals surface area contributed by atoms with E-state index in [4.69, 9.17) is 10.2 Å². The van der Waals surface area contributed by atoms with Gasteiger partial charge in [0.25, 0.3) is 11.8 Å². The van der Waals surface area contributed by atoms with Crippen LogP contribution < -0.4 is 10.6 Å². The summed E-state index contributed by atoms with van der Waals surface area (Å²) in [7, 11) is 0. The quantitative estimate of drug-likeness (QED) is 0.1000. The Bertz CT molecular complexity index is 2050. The van der Waals surface area contributed by atoms with Gasteiger partial charge in [0.1, 0.15) is 13.1 Å². The third kappa shape index (κ3) is 9.06. The second-order valence-corrected chi connectivity index (χ2v) is 12.7. The summed E-state index contributed by atoms with van der Waals surface area (Å²) in [6.07, 6.45) is 2.97. The summed E-state index contributed by atoms with van der Waals surface area (Å²) in [5.74, 6) is -4.34. The number of carboxylic acids is 2. The lowest BCUT2D eigenvalue weighted by Crippen LogP contribution is -2.29. The number of carboxylic acid groups (broad SMARTS) is 2. The van der Waals surface area contributed by atoms with Gasteiger partial charge in [-0.15, -0.1) is 0 Å². The molecule has 0 saturated heterocycles. The largest absolute Gasteiger partial charge is 0.505 e. The second kappa shape index (κ2) is 16.3. The Morgan fingerprint density at radius 1 is 0.540 bits per heavy atom. The van der Waals surface area contributed by atoms with Crippen molar-refractivity contribution in [2.45, 2.75) is 19.6 Å². The van der Waals surface area contributed by atoms with Gasteiger partial charge in [-0.25, -0.2) is 9.97 Å². The number of hydrogen-bond acceptors (Lipinski definition) is 10. The Morgan fingerprint density at radius 2 is 0.920 bits per heavy atom. The average molecular weight is 709 g/mol. The van der Waals surface area contributed by atoms with Crippen LogP contribution in [0.1, 0.15) is 21.0 Å². The summed E-state index contributed by atoms with van der Waals surface area (Å²) < 4.78 is 0. The molecule has 0 fully saturated rings. The summed E-state index contributed by atoms with van der Waals surface area (Å²) in [4.78, 5) is 56.9. The Labute approximate surface area is 293 Å². The molecule has 6 N–H and O–H groups in total. The first kappa shape index (κ1) is 35.2. The number of nitrogens with zero attached hydrogens (tertiary/aromatic N) is 2. The smallest absolute Gasteiger partial charge is 0.322 e. The number of aromatic hydroxyl groups is 2. The van der Waals surface area contributed by atoms with Gasteiger partial charge in [-0.05, 0) is 60.7 Å². The molecular formula is C36H28N4O8S2. The first-order valence-corrected chi connectivity index (χ1v) is 16.4. The van der Waals surface area contributed by atoms with Gasteiger partial charge < -0.3 is 31.1 Å². The number of benzene rings is 4. The van der Waals surface area contributed by atoms with Crippen LogP contribution in [0.4, 0.5) is 0 Å². The predicted octanol–water partition coefficient (Wildman–Crippen LogP) is 5.81. The summed E-state index contributed by atoms with van der Waals surface area (Å²) in [6, 6.07) is 30.6. The zero-order chi connectivity index (χ0) is 35.6. The molecule has 0 aliphatic carbocycles. The van der Waals surface area contributed by atoms with Gasteiger partial charge in [0, 0.05) is 53.5 Å². The van der Waals surface area contributed by atoms with Crippen molar-refractivity contribution >= 4 is 68.8 Å². The number of aromatic nitrogens is 2. The van der Waals surface area contributed by atoms with E-state index >= 15 is 0 Å². The topological polar surface area (TPSA) is 199 Å². The molecule has 0 bridgehead atoms. The van der Waals surface area contributed by atoms with E-state index in [0.29, 0.717) is 21.5 Å². The van der Waals surface area contributed by atoms with Crippen LogP contribution in [0.2, 0.25) is 0 Å². The lowest BCUT2D eigenvalue weighted by atomic mass is 10.1. The van der Waals surface area contributed by atoms with Gasteiger partial charge in [-0.2, -0.15) is 0 Å². The molecule has 2 aromatic heterocycles. The fraction of sp³-hybridized carbons (Fsp3) is 0.0556. The maximum Gasteiger partial charge on any atom is 0.322 e. The van der Waals surface area contributed by atoms with Gasteiger partial charge >= 0.3 is 11.9 Å². The molecule has 0 unspecified atom stereocenters. The highest BCUT2D eigenvalue weighted by molar-refractivity contribution is 7.99. The van der Waals surface area contributed by atoms with E-state index in [1.165, 1.54) is 12.4 Å². The number of amides is 2. The van der Waals surface area contributed by atoms with Gasteiger partial charge in [-0.1, -0.05) is 59.9 Å². The van der Waals surface area contributed by atoms with Crippen molar-refractivity contribution < 1.29 is 39.6 Å². The van der Waals surface area contributed by atoms with Crippen LogP contribution >= 0.6 is 23.5 Å². The van der Waals surface area contributed by atoms with E-state index in [-0.39, 0.29) is 22.9 Å². The van der Waals surface area contributed by atoms with Gasteiger partial charge in [-0.3, -0.25) is 19.2 Å². The number of hydrogen-bond donors (Lipinski definition) is 6. The van der Waals surface area contributed by atoms with Gasteiger partial charge in [0.05, 0.1) is 0 Å². The van der Waals surface area contributed by atoms with Crippen molar-refractivity contribution in [1.29, 1.82) is 0 Å². The number of aliphatic carboxylic acids is 2. The van der Waals surface area contributed by atoms with Crippen LogP contribution in [-0.4, -0.2) is 67.2 Å². The zero-order valence-corrected chi connectivity index (χ0v) is 27.6. The fourth-order valence-electron chi connectivity index (χ4n) is 4.56. The molecule has 12 nitrogen and oxygen atoms in total. The van der Waals surface area contributed by atoms with Crippen molar-refractivity contribution in [3.8, 4) is 11.5 Å². The van der Waals surface area contributed by atoms with Crippen LogP contribution in [-0.2, 0) is 9.59 Å². The van der Waals surface area contributed by atoms with Crippen molar-refractivity contribution in [1.82, 2.24) is 20.6 Å². The van der Waals surface area contributed by atoms with Crippen molar-refractivity contribution in [2.75, 3.05) is 13.1 Å². The van der Waals surface area contributed by atoms with Crippen molar-refractivity contribution in [3.05, 3.63) is 121 Å². The molecule has 0 aliphatic rings. The van der Waals surface area contributed by atoms with E-state index < -0.39 is 36.8 Å². The SMILES string of the molecule is O=C(O)CNC(=O)c1ncc2cc(Sc3ccccc3)ccc2c1O.O=C(O)CNC(=O)c1ncc2cc(Sc3ccccc3)ccc2c1O. The number of nitrogens with one attached hydrogen (secondary N) is 2. The van der Waals surface area contributed by atoms with Gasteiger partial charge in [0.15, 0.2) is 22.9 Å². The second-order valence-electron chi connectivity index (χ2n) is 10.4. The first-order chi connectivity index (χ1) is 24.1. The minimum atomic E-state index is -1.17. The maximum atomic E-state index is 11.9. The average Bonchev–Trinajstić information content (AvgIpc) is 3.11. The van der Waals surface area contributed by atoms with E-state index in [9.17, 15) is 29.4 Å². The summed E-state index contributed by atoms with van der Waals surface area (Å²) >= 11 is 3.15. The number of fused-ring (bicyclic) bond motifs is 2. The molecule has 0 saturated carbocycles. The molecule has 2 amide bonds. The molecule has 0 spiro atoms. The predicted molar refractivity (Wildman–Crippen MR) is 188 cm³/mol. The summed E-state index contributed by atoms with van der Waals surface area (Å²) in [5.41, 5.74) is -0.394. The van der Waals surface area contributed by atoms with E-state index in [1.807, 2.05) is 84.9 Å². The molecule has 50 heavy (non-hydrogen) atoms. The zero-order valence-electron chi connectivity index (χ0n) is 25.9. The first-order valence-electron chi connectivity index (χ1n) is 14.8. The molecule has 4 aromatic carbocycles. The van der Waals surface area contributed by atoms with Gasteiger partial charge in [0.2, 0.25) is 0 Å². The molecule has 14 heteroatoms. The van der Waals surface area contributed by atoms with Crippen molar-refractivity contribution in [3.63, 3.8) is 0 Å². The molecule has 0 aliphatic heterocycles. The number of carbonyl (C=O) groups is 4. The number of rotatable bonds is 10. The Balaban J connectivity index is 0.000000194. The molecular weight excluding hydrogens is 681 g/mol. The van der Waals surface area contributed by atoms with Crippen LogP contribution in [0.25, 0.3) is 21.5 Å². The highest BCUT2D eigenvalue weighted by Gasteiger charge is 2.18. The molecule has 2 heterocycles. The normalized spacial score (nSPS) is 10.6. The Kier molecular flexibility index (Phi) is 11.5. The third-order valence-corrected chi connectivity index (χ3v) is 8.85. The Morgan fingerprint density at radius 3 is 1.28 bits per heavy atom. The van der Waals surface area contributed by atoms with E-state index in [1.54, 1.807) is 35.7 Å². The minimum Gasteiger partial charge on any atom is -0.505 e. The lowest BCUT2D eigenvalue weighted by Gasteiger charge is -2.08. The molecule has 0 atom stereocenters. The van der Waals surface area contributed by atoms with Crippen LogP contribution in [0.15, 0.2) is 129 Å². The molecule has 6 aromatic rings. The maximum absolute atomic E-state index is 11.9. The Hall–Kier alpha value is -6.12. The standard InChI is InChI=1S/2C18H14N2O4S/c2*21-15(22)10-20-18(24)16-17(23)14-7-6-13(8-11(14)9-19-16)25-12-4-2-1-3-5-12/h2*1-9,23H,10H2,(H,20,24)(H,21,22). The van der Waals surface area contributed by atoms with E-state index in [0.717, 1.165) is 19.6 Å². The minimum absolute atomic E-state index is 0.197. The van der Waals surface area contributed by atoms with Crippen LogP contribution in [0.5, 0.6) is 11.5 Å². The number of pyridine rings is 2. The summed E-state index contributed by atoms with van der Waals surface area (Å²) in [6.45, 7) is -1.07. The highest BCUT2D eigenvalue weighted by Crippen LogP contribution is 2.35. The lowest BCUT2D eigenvalue weighted by molar-refractivity contribution is -0.136. The third-order valence-electron chi connectivity index (χ3n) is 6.86. The van der Waals surface area contributed by atoms with E-state index in [2.05, 4.69) is 20.6 Å². The number of carbonyl (C=O) groups excluding carboxylic acids is 2. The van der Waals surface area contributed by atoms with Crippen molar-refractivity contribution in [2.24, 2.45) is 0 Å². The monoisotopic (exact) mass is 708 g/mol. The molecule has 252 valence electrons. The summed E-state index contributed by atoms with van der Waals surface area (Å²) in [5, 5.41) is 44.5.